The molecule has 0 saturated carbocycles. The first-order valence-corrected chi connectivity index (χ1v) is 11.3. The van der Waals surface area contributed by atoms with Crippen molar-refractivity contribution >= 4 is 28.8 Å². The average Bonchev–Trinajstić information content (AvgIpc) is 3.36. The van der Waals surface area contributed by atoms with E-state index in [1.807, 2.05) is 24.4 Å². The van der Waals surface area contributed by atoms with Gasteiger partial charge in [-0.2, -0.15) is 0 Å². The number of nitrogens with zero attached hydrogens (tertiary/aromatic N) is 2. The number of likely N-dealkylation sites (tertiary alicyclic amines) is 1. The monoisotopic (exact) mass is 440 g/mol. The van der Waals surface area contributed by atoms with Crippen molar-refractivity contribution in [1.82, 2.24) is 9.88 Å². The van der Waals surface area contributed by atoms with Crippen LogP contribution < -0.4 is 0 Å². The van der Waals surface area contributed by atoms with Crippen molar-refractivity contribution in [1.29, 1.82) is 0 Å². The summed E-state index contributed by atoms with van der Waals surface area (Å²) in [5, 5.41) is 12.3. The zero-order chi connectivity index (χ0) is 21.5. The Labute approximate surface area is 186 Å². The number of halogens is 1. The maximum Gasteiger partial charge on any atom is 0.253 e. The molecule has 0 aliphatic carbocycles. The summed E-state index contributed by atoms with van der Waals surface area (Å²) in [6, 6.07) is 11.7. The highest BCUT2D eigenvalue weighted by Crippen LogP contribution is 2.37. The van der Waals surface area contributed by atoms with Crippen LogP contribution in [0.15, 0.2) is 48.0 Å². The summed E-state index contributed by atoms with van der Waals surface area (Å²) < 4.78 is 0. The van der Waals surface area contributed by atoms with Crippen LogP contribution in [0.4, 0.5) is 0 Å². The van der Waals surface area contributed by atoms with Crippen molar-refractivity contribution < 1.29 is 9.90 Å². The summed E-state index contributed by atoms with van der Waals surface area (Å²) in [5.74, 6) is -0.0856. The smallest absolute Gasteiger partial charge is 0.253 e. The number of carbonyl (C=O) groups is 1. The number of aliphatic hydroxyl groups is 1. The zero-order valence-electron chi connectivity index (χ0n) is 17.4. The van der Waals surface area contributed by atoms with E-state index in [-0.39, 0.29) is 11.3 Å². The fourth-order valence-electron chi connectivity index (χ4n) is 3.61. The fraction of sp³-hybridized carbons (Fsp3) is 0.333. The first kappa shape index (κ1) is 21.0. The molecule has 2 aromatic heterocycles. The van der Waals surface area contributed by atoms with Gasteiger partial charge in [-0.3, -0.25) is 9.78 Å². The van der Waals surface area contributed by atoms with Crippen molar-refractivity contribution in [2.24, 2.45) is 0 Å². The van der Waals surface area contributed by atoms with Crippen LogP contribution in [0.5, 0.6) is 0 Å². The zero-order valence-corrected chi connectivity index (χ0v) is 18.9. The second-order valence-electron chi connectivity index (χ2n) is 8.77. The molecule has 1 N–H and O–H groups in total. The molecular weight excluding hydrogens is 416 g/mol. The van der Waals surface area contributed by atoms with Crippen LogP contribution in [0.2, 0.25) is 5.02 Å². The van der Waals surface area contributed by atoms with Gasteiger partial charge in [0.1, 0.15) is 0 Å². The van der Waals surface area contributed by atoms with Gasteiger partial charge in [0.05, 0.1) is 6.10 Å². The van der Waals surface area contributed by atoms with Gasteiger partial charge in [0, 0.05) is 51.4 Å². The molecule has 4 rings (SSSR count). The summed E-state index contributed by atoms with van der Waals surface area (Å²) in [6.45, 7) is 7.43. The summed E-state index contributed by atoms with van der Waals surface area (Å²) in [7, 11) is 0. The predicted molar refractivity (Wildman–Crippen MR) is 123 cm³/mol. The molecule has 1 aromatic carbocycles. The van der Waals surface area contributed by atoms with E-state index in [1.54, 1.807) is 22.3 Å². The van der Waals surface area contributed by atoms with Gasteiger partial charge in [-0.05, 0) is 53.3 Å². The minimum Gasteiger partial charge on any atom is -0.391 e. The van der Waals surface area contributed by atoms with Crippen molar-refractivity contribution in [3.63, 3.8) is 0 Å². The van der Waals surface area contributed by atoms with Crippen LogP contribution in [0.25, 0.3) is 21.6 Å². The van der Waals surface area contributed by atoms with Crippen molar-refractivity contribution in [3.05, 3.63) is 64.3 Å². The topological polar surface area (TPSA) is 53.4 Å². The molecule has 0 radical (unpaired) electrons. The van der Waals surface area contributed by atoms with E-state index in [1.165, 1.54) is 0 Å². The lowest BCUT2D eigenvalue weighted by Crippen LogP contribution is -2.29. The predicted octanol–water partition coefficient (Wildman–Crippen LogP) is 5.63. The number of pyridine rings is 1. The average molecular weight is 441 g/mol. The van der Waals surface area contributed by atoms with Gasteiger partial charge in [-0.15, -0.1) is 11.3 Å². The molecule has 1 aliphatic rings. The van der Waals surface area contributed by atoms with Gasteiger partial charge in [-0.1, -0.05) is 38.4 Å². The van der Waals surface area contributed by atoms with Crippen LogP contribution in [0.3, 0.4) is 0 Å². The van der Waals surface area contributed by atoms with Gasteiger partial charge < -0.3 is 10.0 Å². The molecule has 156 valence electrons. The van der Waals surface area contributed by atoms with E-state index in [9.17, 15) is 9.90 Å². The number of rotatable bonds is 3. The standard InChI is InChI=1S/C24H25ClN2O2S/c1-24(2,3)22-12-15(6-8-26-22)21-11-17(14-30-21)19-5-4-16(10-20(19)25)23(29)27-9-7-18(28)13-27/h4-6,8,10-12,14,18,28H,7,9,13H2,1-3H3. The molecule has 1 amide bonds. The number of benzene rings is 1. The number of aliphatic hydroxyl groups excluding tert-OH is 1. The van der Waals surface area contributed by atoms with E-state index in [4.69, 9.17) is 11.6 Å². The third-order valence-electron chi connectivity index (χ3n) is 5.39. The number of aromatic nitrogens is 1. The highest BCUT2D eigenvalue weighted by Gasteiger charge is 2.26. The largest absolute Gasteiger partial charge is 0.391 e. The van der Waals surface area contributed by atoms with E-state index >= 15 is 0 Å². The molecule has 4 nitrogen and oxygen atoms in total. The van der Waals surface area contributed by atoms with Crippen LogP contribution in [-0.4, -0.2) is 40.1 Å². The molecule has 0 bridgehead atoms. The van der Waals surface area contributed by atoms with E-state index in [0.717, 1.165) is 27.3 Å². The third-order valence-corrected chi connectivity index (χ3v) is 6.68. The number of hydrogen-bond acceptors (Lipinski definition) is 4. The normalized spacial score (nSPS) is 16.8. The third kappa shape index (κ3) is 4.29. The van der Waals surface area contributed by atoms with Crippen LogP contribution in [0, 0.1) is 0 Å². The summed E-state index contributed by atoms with van der Waals surface area (Å²) >= 11 is 8.23. The highest BCUT2D eigenvalue weighted by molar-refractivity contribution is 7.14. The highest BCUT2D eigenvalue weighted by atomic mass is 35.5. The number of hydrogen-bond donors (Lipinski definition) is 1. The molecule has 0 spiro atoms. The van der Waals surface area contributed by atoms with Gasteiger partial charge in [0.25, 0.3) is 5.91 Å². The van der Waals surface area contributed by atoms with Crippen LogP contribution >= 0.6 is 22.9 Å². The lowest BCUT2D eigenvalue weighted by atomic mass is 9.90. The molecule has 30 heavy (non-hydrogen) atoms. The fourth-order valence-corrected chi connectivity index (χ4v) is 4.81. The van der Waals surface area contributed by atoms with E-state index < -0.39 is 6.10 Å². The number of carbonyl (C=O) groups excluding carboxylic acids is 1. The quantitative estimate of drug-likeness (QED) is 0.573. The molecule has 6 heteroatoms. The minimum atomic E-state index is -0.431. The maximum absolute atomic E-state index is 12.6. The first-order chi connectivity index (χ1) is 14.2. The molecule has 1 fully saturated rings. The van der Waals surface area contributed by atoms with Crippen LogP contribution in [-0.2, 0) is 5.41 Å². The Morgan fingerprint density at radius 3 is 2.67 bits per heavy atom. The van der Waals surface area contributed by atoms with Crippen molar-refractivity contribution in [2.45, 2.75) is 38.7 Å². The van der Waals surface area contributed by atoms with Gasteiger partial charge in [0.2, 0.25) is 0 Å². The SMILES string of the molecule is CC(C)(C)c1cc(-c2cc(-c3ccc(C(=O)N4CCC(O)C4)cc3Cl)cs2)ccn1. The number of thiophene rings is 1. The number of β-amino-alcohol motifs (C(OH)–C–C–N with tert-alkyl or cyclic N) is 1. The summed E-state index contributed by atoms with van der Waals surface area (Å²) in [4.78, 5) is 20.0. The Kier molecular flexibility index (Phi) is 5.71. The summed E-state index contributed by atoms with van der Waals surface area (Å²) in [6.07, 6.45) is 2.05. The van der Waals surface area contributed by atoms with Gasteiger partial charge in [-0.25, -0.2) is 0 Å². The van der Waals surface area contributed by atoms with Gasteiger partial charge in [0.15, 0.2) is 0 Å². The van der Waals surface area contributed by atoms with E-state index in [2.05, 4.69) is 43.3 Å². The molecule has 3 aromatic rings. The Morgan fingerprint density at radius 1 is 1.20 bits per heavy atom. The van der Waals surface area contributed by atoms with Crippen LogP contribution in [0.1, 0.15) is 43.2 Å². The molecule has 3 heterocycles. The Balaban J connectivity index is 1.59. The molecule has 1 aliphatic heterocycles. The van der Waals surface area contributed by atoms with Gasteiger partial charge >= 0.3 is 0 Å². The lowest BCUT2D eigenvalue weighted by molar-refractivity contribution is 0.0765. The second-order valence-corrected chi connectivity index (χ2v) is 10.1. The molecule has 1 saturated heterocycles. The van der Waals surface area contributed by atoms with Crippen molar-refractivity contribution in [2.75, 3.05) is 13.1 Å². The molecular formula is C24H25ClN2O2S. The molecule has 1 atom stereocenters. The summed E-state index contributed by atoms with van der Waals surface area (Å²) in [5.41, 5.74) is 4.68. The Bertz CT molecular complexity index is 1090. The maximum atomic E-state index is 12.6. The first-order valence-electron chi connectivity index (χ1n) is 10.0. The Hall–Kier alpha value is -2.21. The van der Waals surface area contributed by atoms with E-state index in [0.29, 0.717) is 30.1 Å². The number of amides is 1. The van der Waals surface area contributed by atoms with Crippen molar-refractivity contribution in [3.8, 4) is 21.6 Å². The Morgan fingerprint density at radius 2 is 2.00 bits per heavy atom. The lowest BCUT2D eigenvalue weighted by Gasteiger charge is -2.17. The molecule has 1 unspecified atom stereocenters. The minimum absolute atomic E-state index is 0.00678. The second kappa shape index (κ2) is 8.14.